The molecule has 0 aliphatic carbocycles. The number of Topliss-reactive ketones (excluding diaryl/α,β-unsaturated/α-hetero) is 1. The van der Waals surface area contributed by atoms with Crippen LogP contribution in [0.25, 0.3) is 0 Å². The van der Waals surface area contributed by atoms with Crippen LogP contribution < -0.4 is 4.74 Å². The summed E-state index contributed by atoms with van der Waals surface area (Å²) in [6.45, 7) is 9.83. The van der Waals surface area contributed by atoms with Gasteiger partial charge in [0.05, 0.1) is 22.7 Å². The molecule has 1 aromatic carbocycles. The van der Waals surface area contributed by atoms with Gasteiger partial charge in [-0.15, -0.1) is 0 Å². The summed E-state index contributed by atoms with van der Waals surface area (Å²) in [7, 11) is 1.57. The standard InChI is InChI=1S/C16H21Cl2NO2/c1-9(20)11-6-12(17)14(18)13(15(11)21-5)10-7-19(8-10)16(2,3)4/h6,10H,7-8H2,1-5H3. The lowest BCUT2D eigenvalue weighted by Gasteiger charge is -2.48. The third-order valence-electron chi connectivity index (χ3n) is 4.03. The first-order valence-corrected chi connectivity index (χ1v) is 7.74. The molecule has 0 N–H and O–H groups in total. The van der Waals surface area contributed by atoms with E-state index in [1.807, 2.05) is 0 Å². The average molecular weight is 330 g/mol. The van der Waals surface area contributed by atoms with Gasteiger partial charge in [0.25, 0.3) is 0 Å². The minimum Gasteiger partial charge on any atom is -0.496 e. The van der Waals surface area contributed by atoms with Crippen molar-refractivity contribution in [2.45, 2.75) is 39.2 Å². The molecule has 1 fully saturated rings. The molecule has 116 valence electrons. The molecule has 1 aromatic rings. The summed E-state index contributed by atoms with van der Waals surface area (Å²) in [5.41, 5.74) is 1.48. The smallest absolute Gasteiger partial charge is 0.163 e. The van der Waals surface area contributed by atoms with Crippen LogP contribution in [0.3, 0.4) is 0 Å². The second kappa shape index (κ2) is 5.79. The fourth-order valence-electron chi connectivity index (χ4n) is 2.68. The van der Waals surface area contributed by atoms with Crippen LogP contribution >= 0.6 is 23.2 Å². The first-order valence-electron chi connectivity index (χ1n) is 6.98. The largest absolute Gasteiger partial charge is 0.496 e. The molecule has 1 saturated heterocycles. The summed E-state index contributed by atoms with van der Waals surface area (Å²) in [6.07, 6.45) is 0. The van der Waals surface area contributed by atoms with Crippen LogP contribution in [0.15, 0.2) is 6.07 Å². The molecule has 5 heteroatoms. The van der Waals surface area contributed by atoms with E-state index < -0.39 is 0 Å². The number of ketones is 1. The van der Waals surface area contributed by atoms with Gasteiger partial charge in [0.1, 0.15) is 5.75 Å². The molecule has 3 nitrogen and oxygen atoms in total. The van der Waals surface area contributed by atoms with Crippen molar-refractivity contribution in [1.82, 2.24) is 4.90 Å². The summed E-state index contributed by atoms with van der Waals surface area (Å²) < 4.78 is 5.47. The quantitative estimate of drug-likeness (QED) is 0.769. The van der Waals surface area contributed by atoms with E-state index in [0.29, 0.717) is 21.4 Å². The minimum absolute atomic E-state index is 0.0707. The fourth-order valence-corrected chi connectivity index (χ4v) is 3.19. The highest BCUT2D eigenvalue weighted by Crippen LogP contribution is 2.45. The van der Waals surface area contributed by atoms with E-state index in [4.69, 9.17) is 27.9 Å². The topological polar surface area (TPSA) is 29.5 Å². The van der Waals surface area contributed by atoms with Gasteiger partial charge in [-0.05, 0) is 33.8 Å². The minimum atomic E-state index is -0.0707. The fraction of sp³-hybridized carbons (Fsp3) is 0.562. The van der Waals surface area contributed by atoms with Gasteiger partial charge in [0.15, 0.2) is 5.78 Å². The summed E-state index contributed by atoms with van der Waals surface area (Å²) >= 11 is 12.6. The number of hydrogen-bond donors (Lipinski definition) is 0. The number of ether oxygens (including phenoxy) is 1. The monoisotopic (exact) mass is 329 g/mol. The average Bonchev–Trinajstić information content (AvgIpc) is 2.30. The van der Waals surface area contributed by atoms with Crippen molar-refractivity contribution < 1.29 is 9.53 Å². The summed E-state index contributed by atoms with van der Waals surface area (Å²) in [5.74, 6) is 0.734. The number of carbonyl (C=O) groups is 1. The van der Waals surface area contributed by atoms with E-state index >= 15 is 0 Å². The highest BCUT2D eigenvalue weighted by atomic mass is 35.5. The number of likely N-dealkylation sites (tertiary alicyclic amines) is 1. The zero-order chi connectivity index (χ0) is 15.9. The highest BCUT2D eigenvalue weighted by molar-refractivity contribution is 6.43. The molecule has 0 radical (unpaired) electrons. The normalized spacial score (nSPS) is 16.7. The molecule has 0 amide bonds. The maximum Gasteiger partial charge on any atom is 0.163 e. The number of hydrogen-bond acceptors (Lipinski definition) is 3. The molecule has 0 aromatic heterocycles. The second-order valence-electron chi connectivity index (χ2n) is 6.50. The summed E-state index contributed by atoms with van der Waals surface area (Å²) in [6, 6.07) is 1.59. The van der Waals surface area contributed by atoms with Crippen molar-refractivity contribution in [3.8, 4) is 5.75 Å². The van der Waals surface area contributed by atoms with Crippen molar-refractivity contribution in [3.05, 3.63) is 27.2 Å². The van der Waals surface area contributed by atoms with Crippen molar-refractivity contribution in [2.75, 3.05) is 20.2 Å². The number of nitrogens with zero attached hydrogens (tertiary/aromatic N) is 1. The summed E-state index contributed by atoms with van der Waals surface area (Å²) in [5, 5.41) is 0.906. The molecule has 21 heavy (non-hydrogen) atoms. The third-order valence-corrected chi connectivity index (χ3v) is 4.83. The number of rotatable bonds is 3. The molecule has 1 aliphatic heterocycles. The maximum absolute atomic E-state index is 11.8. The lowest BCUT2D eigenvalue weighted by Crippen LogP contribution is -2.54. The van der Waals surface area contributed by atoms with Crippen molar-refractivity contribution in [2.24, 2.45) is 0 Å². The highest BCUT2D eigenvalue weighted by Gasteiger charge is 2.38. The predicted molar refractivity (Wildman–Crippen MR) is 87.1 cm³/mol. The van der Waals surface area contributed by atoms with Gasteiger partial charge in [-0.25, -0.2) is 0 Å². The van der Waals surface area contributed by atoms with E-state index in [-0.39, 0.29) is 17.2 Å². The van der Waals surface area contributed by atoms with Gasteiger partial charge in [-0.1, -0.05) is 23.2 Å². The van der Waals surface area contributed by atoms with Crippen molar-refractivity contribution >= 4 is 29.0 Å². The first-order chi connectivity index (χ1) is 9.66. The molecule has 0 unspecified atom stereocenters. The Balaban J connectivity index is 2.42. The van der Waals surface area contributed by atoms with Crippen molar-refractivity contribution in [1.29, 1.82) is 0 Å². The first kappa shape index (κ1) is 16.6. The van der Waals surface area contributed by atoms with Crippen LogP contribution in [0.1, 0.15) is 49.5 Å². The van der Waals surface area contributed by atoms with Crippen LogP contribution in [0.2, 0.25) is 10.0 Å². The Morgan fingerprint density at radius 1 is 1.33 bits per heavy atom. The Hall–Kier alpha value is -0.770. The second-order valence-corrected chi connectivity index (χ2v) is 7.28. The number of methoxy groups -OCH3 is 1. The Bertz CT molecular complexity index is 573. The van der Waals surface area contributed by atoms with Crippen LogP contribution in [0.4, 0.5) is 0 Å². The third kappa shape index (κ3) is 3.05. The van der Waals surface area contributed by atoms with E-state index in [9.17, 15) is 4.79 Å². The molecule has 0 bridgehead atoms. The van der Waals surface area contributed by atoms with E-state index in [2.05, 4.69) is 25.7 Å². The van der Waals surface area contributed by atoms with Crippen LogP contribution in [-0.2, 0) is 0 Å². The van der Waals surface area contributed by atoms with Gasteiger partial charge in [0.2, 0.25) is 0 Å². The number of carbonyl (C=O) groups excluding carboxylic acids is 1. The zero-order valence-electron chi connectivity index (χ0n) is 13.1. The van der Waals surface area contributed by atoms with Crippen molar-refractivity contribution in [3.63, 3.8) is 0 Å². The molecule has 2 rings (SSSR count). The van der Waals surface area contributed by atoms with Gasteiger partial charge >= 0.3 is 0 Å². The number of benzene rings is 1. The van der Waals surface area contributed by atoms with E-state index in [0.717, 1.165) is 18.7 Å². The molecule has 0 atom stereocenters. The SMILES string of the molecule is COc1c(C(C)=O)cc(Cl)c(Cl)c1C1CN(C(C)(C)C)C1. The Labute approximate surface area is 136 Å². The lowest BCUT2D eigenvalue weighted by atomic mass is 9.85. The Morgan fingerprint density at radius 2 is 1.90 bits per heavy atom. The maximum atomic E-state index is 11.8. The predicted octanol–water partition coefficient (Wildman–Crippen LogP) is 4.40. The van der Waals surface area contributed by atoms with Crippen LogP contribution in [-0.4, -0.2) is 36.4 Å². The van der Waals surface area contributed by atoms with Crippen LogP contribution in [0.5, 0.6) is 5.75 Å². The molecular formula is C16H21Cl2NO2. The summed E-state index contributed by atoms with van der Waals surface area (Å²) in [4.78, 5) is 14.2. The van der Waals surface area contributed by atoms with Gasteiger partial charge in [-0.2, -0.15) is 0 Å². The Kier molecular flexibility index (Phi) is 4.57. The van der Waals surface area contributed by atoms with E-state index in [1.165, 1.54) is 6.92 Å². The van der Waals surface area contributed by atoms with Gasteiger partial charge in [-0.3, -0.25) is 9.69 Å². The molecule has 1 heterocycles. The molecule has 1 aliphatic rings. The number of halogens is 2. The van der Waals surface area contributed by atoms with Crippen LogP contribution in [0, 0.1) is 0 Å². The molecule has 0 saturated carbocycles. The Morgan fingerprint density at radius 3 is 2.33 bits per heavy atom. The molecular weight excluding hydrogens is 309 g/mol. The molecule has 0 spiro atoms. The zero-order valence-corrected chi connectivity index (χ0v) is 14.6. The lowest BCUT2D eigenvalue weighted by molar-refractivity contribution is 0.0462. The van der Waals surface area contributed by atoms with Gasteiger partial charge in [0, 0.05) is 30.1 Å². The van der Waals surface area contributed by atoms with E-state index in [1.54, 1.807) is 13.2 Å². The van der Waals surface area contributed by atoms with Gasteiger partial charge < -0.3 is 4.74 Å².